The van der Waals surface area contributed by atoms with E-state index in [1.165, 1.54) is 41.5 Å². The molecule has 0 aromatic heterocycles. The third-order valence-electron chi connectivity index (χ3n) is 8.02. The number of benzene rings is 3. The van der Waals surface area contributed by atoms with Crippen LogP contribution in [-0.4, -0.2) is 22.8 Å². The Morgan fingerprint density at radius 1 is 0.479 bits per heavy atom. The van der Waals surface area contributed by atoms with Crippen molar-refractivity contribution in [2.75, 3.05) is 0 Å². The summed E-state index contributed by atoms with van der Waals surface area (Å²) >= 11 is 0. The Balaban J connectivity index is -0.000000570. The number of hydrogen-bond acceptors (Lipinski definition) is 3. The van der Waals surface area contributed by atoms with Crippen LogP contribution in [-0.2, 0) is 22.4 Å². The van der Waals surface area contributed by atoms with Crippen molar-refractivity contribution >= 4 is 11.6 Å². The van der Waals surface area contributed by atoms with Crippen LogP contribution in [0, 0.1) is 5.92 Å². The SMILES string of the molecule is CC.CC.CC.CC.CC.CC.CC1C(=O)Cc2ccccc2-c2ccccc21.CC1C(=O)Cc2ccccc21.CC1CCCCC1O. The van der Waals surface area contributed by atoms with Crippen molar-refractivity contribution in [1.29, 1.82) is 0 Å². The number of aliphatic hydroxyl groups excluding tert-OH is 1. The van der Waals surface area contributed by atoms with Crippen molar-refractivity contribution in [3.8, 4) is 11.1 Å². The molecular formula is C45H74O3. The Kier molecular flexibility index (Phi) is 32.1. The molecule has 3 aromatic rings. The predicted molar refractivity (Wildman–Crippen MR) is 214 cm³/mol. The number of carbonyl (C=O) groups excluding carboxylic acids is 2. The van der Waals surface area contributed by atoms with Gasteiger partial charge in [0.25, 0.3) is 0 Å². The van der Waals surface area contributed by atoms with Gasteiger partial charge in [0.2, 0.25) is 0 Å². The summed E-state index contributed by atoms with van der Waals surface area (Å²) < 4.78 is 0. The molecule has 3 aromatic carbocycles. The topological polar surface area (TPSA) is 54.4 Å². The van der Waals surface area contributed by atoms with E-state index in [-0.39, 0.29) is 17.9 Å². The molecule has 4 atom stereocenters. The average molecular weight is 663 g/mol. The Hall–Kier alpha value is -3.04. The Bertz CT molecular complexity index is 1200. The monoisotopic (exact) mass is 663 g/mol. The number of ketones is 2. The van der Waals surface area contributed by atoms with Gasteiger partial charge in [-0.1, -0.05) is 189 Å². The second kappa shape index (κ2) is 31.2. The lowest BCUT2D eigenvalue weighted by Gasteiger charge is -2.23. The second-order valence-electron chi connectivity index (χ2n) is 10.5. The highest BCUT2D eigenvalue weighted by atomic mass is 16.3. The van der Waals surface area contributed by atoms with E-state index in [9.17, 15) is 14.7 Å². The zero-order chi connectivity index (χ0) is 37.7. The van der Waals surface area contributed by atoms with Gasteiger partial charge in [-0.05, 0) is 52.1 Å². The Morgan fingerprint density at radius 2 is 0.854 bits per heavy atom. The molecule has 0 bridgehead atoms. The van der Waals surface area contributed by atoms with Crippen molar-refractivity contribution in [1.82, 2.24) is 0 Å². The second-order valence-corrected chi connectivity index (χ2v) is 10.5. The molecule has 3 heteroatoms. The summed E-state index contributed by atoms with van der Waals surface area (Å²) in [5.41, 5.74) is 7.15. The molecule has 0 spiro atoms. The van der Waals surface area contributed by atoms with Gasteiger partial charge in [-0.3, -0.25) is 9.59 Å². The van der Waals surface area contributed by atoms with Gasteiger partial charge in [-0.25, -0.2) is 0 Å². The van der Waals surface area contributed by atoms with E-state index in [0.29, 0.717) is 30.3 Å². The van der Waals surface area contributed by atoms with Gasteiger partial charge < -0.3 is 5.11 Å². The fraction of sp³-hybridized carbons (Fsp3) is 0.556. The molecule has 1 fully saturated rings. The van der Waals surface area contributed by atoms with Gasteiger partial charge in [0, 0.05) is 24.7 Å². The largest absolute Gasteiger partial charge is 0.393 e. The quantitative estimate of drug-likeness (QED) is 0.261. The lowest BCUT2D eigenvalue weighted by Crippen LogP contribution is -2.21. The summed E-state index contributed by atoms with van der Waals surface area (Å²) in [6.07, 6.45) is 5.99. The predicted octanol–water partition coefficient (Wildman–Crippen LogP) is 13.2. The number of rotatable bonds is 0. The third-order valence-corrected chi connectivity index (χ3v) is 8.02. The summed E-state index contributed by atoms with van der Waals surface area (Å²) in [5, 5.41) is 9.18. The highest BCUT2D eigenvalue weighted by Gasteiger charge is 2.26. The van der Waals surface area contributed by atoms with Crippen molar-refractivity contribution in [3.05, 3.63) is 95.1 Å². The highest BCUT2D eigenvalue weighted by molar-refractivity contribution is 5.94. The summed E-state index contributed by atoms with van der Waals surface area (Å²) in [6, 6.07) is 24.5. The minimum absolute atomic E-state index is 0.00130. The van der Waals surface area contributed by atoms with E-state index in [2.05, 4.69) is 31.2 Å². The van der Waals surface area contributed by atoms with Crippen LogP contribution in [0.5, 0.6) is 0 Å². The first-order valence-electron chi connectivity index (χ1n) is 19.3. The minimum Gasteiger partial charge on any atom is -0.393 e. The van der Waals surface area contributed by atoms with Gasteiger partial charge in [-0.2, -0.15) is 0 Å². The zero-order valence-corrected chi connectivity index (χ0v) is 33.7. The van der Waals surface area contributed by atoms with Gasteiger partial charge >= 0.3 is 0 Å². The summed E-state index contributed by atoms with van der Waals surface area (Å²) in [6.45, 7) is 30.1. The number of Topliss-reactive ketones (excluding diaryl/α,β-unsaturated/α-hetero) is 2. The van der Waals surface area contributed by atoms with Gasteiger partial charge in [-0.15, -0.1) is 0 Å². The van der Waals surface area contributed by atoms with Crippen LogP contribution in [0.4, 0.5) is 0 Å². The smallest absolute Gasteiger partial charge is 0.144 e. The molecule has 0 aliphatic heterocycles. The van der Waals surface area contributed by atoms with E-state index < -0.39 is 0 Å². The molecule has 6 rings (SSSR count). The van der Waals surface area contributed by atoms with E-state index in [1.807, 2.05) is 145 Å². The van der Waals surface area contributed by atoms with E-state index >= 15 is 0 Å². The molecule has 272 valence electrons. The van der Waals surface area contributed by atoms with Crippen molar-refractivity contribution < 1.29 is 14.7 Å². The lowest BCUT2D eigenvalue weighted by atomic mass is 9.88. The molecule has 4 unspecified atom stereocenters. The van der Waals surface area contributed by atoms with Crippen LogP contribution < -0.4 is 0 Å². The summed E-state index contributed by atoms with van der Waals surface area (Å²) in [5.74, 6) is 1.35. The first-order valence-corrected chi connectivity index (χ1v) is 19.3. The van der Waals surface area contributed by atoms with Crippen LogP contribution in [0.15, 0.2) is 72.8 Å². The van der Waals surface area contributed by atoms with Crippen molar-refractivity contribution in [3.63, 3.8) is 0 Å². The standard InChI is InChI=1S/C16H14O.C10H10O.C7H14O.6C2H6/c1-11-13-7-4-5-9-15(13)14-8-3-2-6-12(14)10-16(11)17;1-7-9-5-3-2-4-8(9)6-10(7)11;1-6-4-2-3-5-7(6)8;6*1-2/h2-9,11H,10H2,1H3;2-5,7H,6H2,1H3;6-8H,2-5H2,1H3;6*1-2H3. The number of hydrogen-bond donors (Lipinski definition) is 1. The number of fused-ring (bicyclic) bond motifs is 4. The molecule has 0 saturated heterocycles. The number of aliphatic hydroxyl groups is 1. The Morgan fingerprint density at radius 3 is 1.31 bits per heavy atom. The van der Waals surface area contributed by atoms with E-state index in [1.54, 1.807) is 0 Å². The molecular weight excluding hydrogens is 588 g/mol. The first-order chi connectivity index (χ1) is 23.4. The van der Waals surface area contributed by atoms with Crippen molar-refractivity contribution in [2.24, 2.45) is 5.92 Å². The minimum atomic E-state index is -0.00130. The molecule has 3 nitrogen and oxygen atoms in total. The van der Waals surface area contributed by atoms with Crippen LogP contribution in [0.3, 0.4) is 0 Å². The summed E-state index contributed by atoms with van der Waals surface area (Å²) in [4.78, 5) is 23.4. The van der Waals surface area contributed by atoms with Gasteiger partial charge in [0.05, 0.1) is 6.10 Å². The molecule has 3 aliphatic rings. The third kappa shape index (κ3) is 15.9. The van der Waals surface area contributed by atoms with Crippen LogP contribution in [0.1, 0.15) is 164 Å². The Labute approximate surface area is 298 Å². The summed E-state index contributed by atoms with van der Waals surface area (Å²) in [7, 11) is 0. The first kappa shape index (κ1) is 49.3. The molecule has 48 heavy (non-hydrogen) atoms. The maximum absolute atomic E-state index is 12.1. The molecule has 0 amide bonds. The van der Waals surface area contributed by atoms with Crippen LogP contribution in [0.25, 0.3) is 11.1 Å². The van der Waals surface area contributed by atoms with Crippen LogP contribution in [0.2, 0.25) is 0 Å². The molecule has 0 heterocycles. The van der Waals surface area contributed by atoms with E-state index in [4.69, 9.17) is 0 Å². The average Bonchev–Trinajstić information content (AvgIpc) is 3.41. The van der Waals surface area contributed by atoms with Gasteiger partial charge in [0.1, 0.15) is 11.6 Å². The number of carbonyl (C=O) groups is 2. The molecule has 3 aliphatic carbocycles. The fourth-order valence-corrected chi connectivity index (χ4v) is 5.50. The van der Waals surface area contributed by atoms with E-state index in [0.717, 1.165) is 17.5 Å². The fourth-order valence-electron chi connectivity index (χ4n) is 5.50. The molecule has 1 N–H and O–H groups in total. The van der Waals surface area contributed by atoms with Crippen LogP contribution >= 0.6 is 0 Å². The maximum Gasteiger partial charge on any atom is 0.144 e. The van der Waals surface area contributed by atoms with Crippen molar-refractivity contribution in [2.45, 2.75) is 160 Å². The molecule has 0 radical (unpaired) electrons. The lowest BCUT2D eigenvalue weighted by molar-refractivity contribution is -0.119. The normalized spacial score (nSPS) is 18.8. The zero-order valence-electron chi connectivity index (χ0n) is 33.7. The maximum atomic E-state index is 12.1. The van der Waals surface area contributed by atoms with Gasteiger partial charge in [0.15, 0.2) is 0 Å². The molecule has 1 saturated carbocycles. The highest BCUT2D eigenvalue weighted by Crippen LogP contribution is 2.36.